The first-order chi connectivity index (χ1) is 14.0. The van der Waals surface area contributed by atoms with E-state index in [4.69, 9.17) is 23.2 Å². The lowest BCUT2D eigenvalue weighted by molar-refractivity contribution is 0.557. The molecule has 158 valence electrons. The fourth-order valence-corrected chi connectivity index (χ4v) is 6.63. The van der Waals surface area contributed by atoms with E-state index < -0.39 is 25.2 Å². The van der Waals surface area contributed by atoms with Crippen molar-refractivity contribution in [2.75, 3.05) is 0 Å². The van der Waals surface area contributed by atoms with Crippen LogP contribution in [0.1, 0.15) is 22.1 Å². The second-order valence-electron chi connectivity index (χ2n) is 6.84. The summed E-state index contributed by atoms with van der Waals surface area (Å²) in [6, 6.07) is 16.5. The molecule has 0 spiro atoms. The predicted molar refractivity (Wildman–Crippen MR) is 119 cm³/mol. The Hall–Kier alpha value is -1.90. The van der Waals surface area contributed by atoms with Crippen LogP contribution in [0.25, 0.3) is 0 Å². The maximum atomic E-state index is 13.4. The Labute approximate surface area is 186 Å². The molecule has 3 aromatic rings. The van der Waals surface area contributed by atoms with Crippen molar-refractivity contribution in [3.63, 3.8) is 0 Å². The molecule has 0 heterocycles. The zero-order chi connectivity index (χ0) is 22.1. The van der Waals surface area contributed by atoms with E-state index in [1.54, 1.807) is 24.3 Å². The molecule has 3 aromatic carbocycles. The maximum Gasteiger partial charge on any atom is 0.242 e. The minimum absolute atomic E-state index is 0.0317. The van der Waals surface area contributed by atoms with E-state index >= 15 is 0 Å². The van der Waals surface area contributed by atoms with Crippen molar-refractivity contribution in [2.24, 2.45) is 0 Å². The van der Waals surface area contributed by atoms with E-state index in [0.717, 1.165) is 11.1 Å². The third kappa shape index (κ3) is 4.87. The Morgan fingerprint density at radius 2 is 1.23 bits per heavy atom. The Bertz CT molecular complexity index is 1270. The van der Waals surface area contributed by atoms with Crippen LogP contribution in [0.5, 0.6) is 0 Å². The summed E-state index contributed by atoms with van der Waals surface area (Å²) < 4.78 is 55.2. The van der Waals surface area contributed by atoms with E-state index in [9.17, 15) is 16.8 Å². The molecule has 0 bridgehead atoms. The van der Waals surface area contributed by atoms with Gasteiger partial charge in [-0.3, -0.25) is 0 Å². The first kappa shape index (κ1) is 22.8. The highest BCUT2D eigenvalue weighted by molar-refractivity contribution is 7.94. The topological polar surface area (TPSA) is 80.3 Å². The van der Waals surface area contributed by atoms with Gasteiger partial charge in [0.15, 0.2) is 15.2 Å². The largest absolute Gasteiger partial charge is 0.242 e. The third-order valence-corrected chi connectivity index (χ3v) is 8.57. The molecule has 0 amide bonds. The van der Waals surface area contributed by atoms with E-state index in [-0.39, 0.29) is 20.4 Å². The normalized spacial score (nSPS) is 13.2. The van der Waals surface area contributed by atoms with E-state index in [1.165, 1.54) is 42.5 Å². The number of hydrogen-bond acceptors (Lipinski definition) is 4. The van der Waals surface area contributed by atoms with Gasteiger partial charge in [0, 0.05) is 15.6 Å². The van der Waals surface area contributed by atoms with Crippen LogP contribution in [-0.4, -0.2) is 16.8 Å². The molecule has 1 unspecified atom stereocenters. The summed E-state index contributed by atoms with van der Waals surface area (Å²) >= 11 is 12.2. The number of benzene rings is 3. The number of sulfonamides is 1. The molecule has 0 radical (unpaired) electrons. The molecular weight excluding hydrogens is 465 g/mol. The Balaban J connectivity index is 2.15. The van der Waals surface area contributed by atoms with Gasteiger partial charge < -0.3 is 0 Å². The van der Waals surface area contributed by atoms with Crippen molar-refractivity contribution in [3.05, 3.63) is 93.5 Å². The lowest BCUT2D eigenvalue weighted by Crippen LogP contribution is -2.34. The van der Waals surface area contributed by atoms with Gasteiger partial charge in [-0.25, -0.2) is 16.8 Å². The van der Waals surface area contributed by atoms with Gasteiger partial charge in [0.2, 0.25) is 10.0 Å². The number of hydrogen-bond donors (Lipinski definition) is 1. The lowest BCUT2D eigenvalue weighted by Gasteiger charge is -2.21. The summed E-state index contributed by atoms with van der Waals surface area (Å²) in [4.78, 5) is -0.0852. The van der Waals surface area contributed by atoms with Crippen LogP contribution in [0.2, 0.25) is 10.0 Å². The highest BCUT2D eigenvalue weighted by Gasteiger charge is 2.35. The fourth-order valence-electron chi connectivity index (χ4n) is 2.80. The van der Waals surface area contributed by atoms with Gasteiger partial charge in [0.25, 0.3) is 0 Å². The molecule has 0 fully saturated rings. The highest BCUT2D eigenvalue weighted by Crippen LogP contribution is 2.34. The quantitative estimate of drug-likeness (QED) is 0.530. The summed E-state index contributed by atoms with van der Waals surface area (Å²) in [5.74, 6) is 0. The molecule has 1 N–H and O–H groups in total. The van der Waals surface area contributed by atoms with Gasteiger partial charge in [0.05, 0.1) is 9.79 Å². The zero-order valence-electron chi connectivity index (χ0n) is 16.1. The number of nitrogens with one attached hydrogen (secondary N) is 1. The number of sulfone groups is 1. The summed E-state index contributed by atoms with van der Waals surface area (Å²) in [6.07, 6.45) is 0. The second-order valence-corrected chi connectivity index (χ2v) is 11.4. The van der Waals surface area contributed by atoms with Gasteiger partial charge >= 0.3 is 0 Å². The lowest BCUT2D eigenvalue weighted by atomic mass is 10.2. The predicted octanol–water partition coefficient (Wildman–Crippen LogP) is 5.06. The SMILES string of the molecule is Cc1ccc(S(=O)(=O)NC(c2ccc(Cl)cc2Cl)S(=O)(=O)c2ccc(C)cc2)cc1. The van der Waals surface area contributed by atoms with Crippen molar-refractivity contribution in [3.8, 4) is 0 Å². The van der Waals surface area contributed by atoms with Crippen LogP contribution in [0.15, 0.2) is 76.5 Å². The Kier molecular flexibility index (Phi) is 6.60. The molecule has 5 nitrogen and oxygen atoms in total. The second kappa shape index (κ2) is 8.69. The molecule has 0 aliphatic rings. The molecule has 0 aliphatic heterocycles. The smallest absolute Gasteiger partial charge is 0.222 e. The first-order valence-electron chi connectivity index (χ1n) is 8.85. The molecule has 30 heavy (non-hydrogen) atoms. The molecular formula is C21H19Cl2NO4S2. The van der Waals surface area contributed by atoms with E-state index in [2.05, 4.69) is 4.72 Å². The summed E-state index contributed by atoms with van der Waals surface area (Å²) in [6.45, 7) is 3.64. The molecule has 9 heteroatoms. The molecule has 1 atom stereocenters. The van der Waals surface area contributed by atoms with Gasteiger partial charge in [-0.1, -0.05) is 64.7 Å². The van der Waals surface area contributed by atoms with E-state index in [1.807, 2.05) is 13.8 Å². The Morgan fingerprint density at radius 3 is 1.73 bits per heavy atom. The van der Waals surface area contributed by atoms with Crippen LogP contribution in [0.4, 0.5) is 0 Å². The summed E-state index contributed by atoms with van der Waals surface area (Å²) in [7, 11) is -8.34. The van der Waals surface area contributed by atoms with Gasteiger partial charge in [0.1, 0.15) is 0 Å². The van der Waals surface area contributed by atoms with Gasteiger partial charge in [-0.15, -0.1) is 0 Å². The first-order valence-corrected chi connectivity index (χ1v) is 12.6. The molecule has 0 aliphatic carbocycles. The van der Waals surface area contributed by atoms with Crippen molar-refractivity contribution in [1.29, 1.82) is 0 Å². The molecule has 0 aromatic heterocycles. The van der Waals surface area contributed by atoms with Crippen LogP contribution < -0.4 is 4.72 Å². The number of halogens is 2. The Morgan fingerprint density at radius 1 is 0.733 bits per heavy atom. The average molecular weight is 484 g/mol. The minimum atomic E-state index is -4.17. The average Bonchev–Trinajstić information content (AvgIpc) is 2.67. The van der Waals surface area contributed by atoms with Crippen LogP contribution in [0, 0.1) is 13.8 Å². The number of rotatable bonds is 6. The zero-order valence-corrected chi connectivity index (χ0v) is 19.3. The van der Waals surface area contributed by atoms with Crippen molar-refractivity contribution >= 4 is 43.1 Å². The van der Waals surface area contributed by atoms with Gasteiger partial charge in [-0.2, -0.15) is 4.72 Å². The van der Waals surface area contributed by atoms with Crippen molar-refractivity contribution < 1.29 is 16.8 Å². The van der Waals surface area contributed by atoms with Crippen molar-refractivity contribution in [1.82, 2.24) is 4.72 Å². The van der Waals surface area contributed by atoms with Crippen LogP contribution in [-0.2, 0) is 19.9 Å². The monoisotopic (exact) mass is 483 g/mol. The number of aryl methyl sites for hydroxylation is 2. The molecule has 3 rings (SSSR count). The molecule has 0 saturated carbocycles. The van der Waals surface area contributed by atoms with Crippen LogP contribution in [0.3, 0.4) is 0 Å². The summed E-state index contributed by atoms with van der Waals surface area (Å²) in [5, 5.41) is -1.30. The van der Waals surface area contributed by atoms with Gasteiger partial charge in [-0.05, 0) is 50.2 Å². The summed E-state index contributed by atoms with van der Waals surface area (Å²) in [5.41, 5.74) is 1.83. The van der Waals surface area contributed by atoms with Crippen molar-refractivity contribution in [2.45, 2.75) is 29.0 Å². The maximum absolute atomic E-state index is 13.4. The third-order valence-electron chi connectivity index (χ3n) is 4.50. The van der Waals surface area contributed by atoms with Crippen LogP contribution >= 0.6 is 23.2 Å². The van der Waals surface area contributed by atoms with E-state index in [0.29, 0.717) is 5.02 Å². The minimum Gasteiger partial charge on any atom is -0.222 e. The molecule has 0 saturated heterocycles. The highest BCUT2D eigenvalue weighted by atomic mass is 35.5. The standard InChI is InChI=1S/C21H19Cl2NO4S2/c1-14-3-8-17(9-4-14)29(25,26)21(19-12-7-16(22)13-20(19)23)24-30(27,28)18-10-5-15(2)6-11-18/h3-13,21,24H,1-2H3. The fraction of sp³-hybridized carbons (Fsp3) is 0.143.